The molecule has 2 aromatic rings. The van der Waals surface area contributed by atoms with Crippen molar-refractivity contribution < 1.29 is 0 Å². The Morgan fingerprint density at radius 2 is 1.53 bits per heavy atom. The van der Waals surface area contributed by atoms with Crippen LogP contribution in [0.25, 0.3) is 0 Å². The lowest BCUT2D eigenvalue weighted by atomic mass is 10.00. The van der Waals surface area contributed by atoms with E-state index in [1.165, 1.54) is 0 Å². The van der Waals surface area contributed by atoms with Crippen molar-refractivity contribution >= 4 is 11.6 Å². The summed E-state index contributed by atoms with van der Waals surface area (Å²) in [5.74, 6) is 0. The normalized spacial score (nSPS) is 12.4. The summed E-state index contributed by atoms with van der Waals surface area (Å²) in [6.07, 6.45) is 0. The topological polar surface area (TPSA) is 26.0 Å². The lowest BCUT2D eigenvalue weighted by Crippen LogP contribution is -2.11. The third kappa shape index (κ3) is 2.38. The second kappa shape index (κ2) is 4.47. The van der Waals surface area contributed by atoms with Crippen LogP contribution in [0, 0.1) is 0 Å². The molecule has 0 aliphatic carbocycles. The molecule has 0 amide bonds. The van der Waals surface area contributed by atoms with E-state index in [1.54, 1.807) is 0 Å². The average molecular weight is 218 g/mol. The molecule has 0 fully saturated rings. The molecular formula is C13H12ClN. The summed E-state index contributed by atoms with van der Waals surface area (Å²) in [5, 5.41) is 0.721. The van der Waals surface area contributed by atoms with Gasteiger partial charge in [0, 0.05) is 5.02 Å². The Balaban J connectivity index is 2.32. The largest absolute Gasteiger partial charge is 0.320 e. The van der Waals surface area contributed by atoms with E-state index in [0.29, 0.717) is 0 Å². The van der Waals surface area contributed by atoms with Gasteiger partial charge >= 0.3 is 0 Å². The summed E-state index contributed by atoms with van der Waals surface area (Å²) < 4.78 is 0. The van der Waals surface area contributed by atoms with Crippen LogP contribution >= 0.6 is 11.6 Å². The molecule has 2 heteroatoms. The van der Waals surface area contributed by atoms with Crippen LogP contribution in [0.1, 0.15) is 17.2 Å². The Bertz CT molecular complexity index is 439. The average Bonchev–Trinajstić information content (AvgIpc) is 2.29. The Morgan fingerprint density at radius 1 is 0.867 bits per heavy atom. The van der Waals surface area contributed by atoms with E-state index in [0.717, 1.165) is 16.1 Å². The van der Waals surface area contributed by atoms with Crippen LogP contribution < -0.4 is 5.73 Å². The zero-order valence-electron chi connectivity index (χ0n) is 8.23. The first kappa shape index (κ1) is 10.2. The Hall–Kier alpha value is -1.31. The molecule has 76 valence electrons. The minimum Gasteiger partial charge on any atom is -0.320 e. The molecule has 0 saturated heterocycles. The van der Waals surface area contributed by atoms with Crippen LogP contribution in [-0.4, -0.2) is 0 Å². The molecule has 0 saturated carbocycles. The van der Waals surface area contributed by atoms with Crippen LogP contribution in [0.4, 0.5) is 0 Å². The minimum atomic E-state index is -0.107. The van der Waals surface area contributed by atoms with E-state index < -0.39 is 0 Å². The predicted molar refractivity (Wildman–Crippen MR) is 63.9 cm³/mol. The molecular weight excluding hydrogens is 206 g/mol. The number of benzene rings is 2. The van der Waals surface area contributed by atoms with Gasteiger partial charge in [-0.05, 0) is 23.3 Å². The molecule has 1 atom stereocenters. The third-order valence-corrected chi connectivity index (χ3v) is 2.60. The Morgan fingerprint density at radius 3 is 2.20 bits per heavy atom. The highest BCUT2D eigenvalue weighted by atomic mass is 35.5. The number of halogens is 1. The minimum absolute atomic E-state index is 0.107. The lowest BCUT2D eigenvalue weighted by Gasteiger charge is -2.12. The molecule has 0 aliphatic rings. The fraction of sp³-hybridized carbons (Fsp3) is 0.0769. The van der Waals surface area contributed by atoms with E-state index in [9.17, 15) is 0 Å². The first-order chi connectivity index (χ1) is 7.27. The highest BCUT2D eigenvalue weighted by Gasteiger charge is 2.07. The third-order valence-electron chi connectivity index (χ3n) is 2.37. The molecule has 0 aromatic heterocycles. The van der Waals surface area contributed by atoms with E-state index in [1.807, 2.05) is 54.6 Å². The van der Waals surface area contributed by atoms with E-state index in [-0.39, 0.29) is 6.04 Å². The maximum atomic E-state index is 6.13. The highest BCUT2D eigenvalue weighted by Crippen LogP contribution is 2.21. The van der Waals surface area contributed by atoms with Crippen molar-refractivity contribution in [3.63, 3.8) is 0 Å². The van der Waals surface area contributed by atoms with Crippen molar-refractivity contribution in [1.29, 1.82) is 0 Å². The molecule has 1 nitrogen and oxygen atoms in total. The van der Waals surface area contributed by atoms with Gasteiger partial charge in [-0.1, -0.05) is 54.1 Å². The summed E-state index contributed by atoms with van der Waals surface area (Å²) in [6, 6.07) is 17.5. The fourth-order valence-corrected chi connectivity index (χ4v) is 1.75. The smallest absolute Gasteiger partial charge is 0.0552 e. The quantitative estimate of drug-likeness (QED) is 0.820. The van der Waals surface area contributed by atoms with Crippen molar-refractivity contribution in [3.05, 3.63) is 70.7 Å². The number of rotatable bonds is 2. The van der Waals surface area contributed by atoms with E-state index in [2.05, 4.69) is 0 Å². The molecule has 0 aliphatic heterocycles. The van der Waals surface area contributed by atoms with Crippen LogP contribution in [0.5, 0.6) is 0 Å². The molecule has 1 unspecified atom stereocenters. The second-order valence-corrected chi connectivity index (χ2v) is 3.88. The lowest BCUT2D eigenvalue weighted by molar-refractivity contribution is 0.872. The highest BCUT2D eigenvalue weighted by molar-refractivity contribution is 6.30. The maximum absolute atomic E-state index is 6.13. The van der Waals surface area contributed by atoms with Gasteiger partial charge in [0.25, 0.3) is 0 Å². The molecule has 0 radical (unpaired) electrons. The predicted octanol–water partition coefficient (Wildman–Crippen LogP) is 3.39. The molecule has 0 bridgehead atoms. The van der Waals surface area contributed by atoms with Crippen molar-refractivity contribution in [2.24, 2.45) is 5.73 Å². The first-order valence-corrected chi connectivity index (χ1v) is 5.21. The monoisotopic (exact) mass is 217 g/mol. The number of hydrogen-bond donors (Lipinski definition) is 1. The number of nitrogens with two attached hydrogens (primary N) is 1. The summed E-state index contributed by atoms with van der Waals surface area (Å²) >= 11 is 5.92. The van der Waals surface area contributed by atoms with Gasteiger partial charge in [-0.25, -0.2) is 0 Å². The molecule has 0 spiro atoms. The maximum Gasteiger partial charge on any atom is 0.0552 e. The standard InChI is InChI=1S/C13H12ClN/c14-12-8-4-7-11(9-12)13(15)10-5-2-1-3-6-10/h1-9,13H,15H2. The Kier molecular flexibility index (Phi) is 3.05. The van der Waals surface area contributed by atoms with Crippen LogP contribution in [0.15, 0.2) is 54.6 Å². The second-order valence-electron chi connectivity index (χ2n) is 3.44. The number of hydrogen-bond acceptors (Lipinski definition) is 1. The molecule has 0 heterocycles. The molecule has 15 heavy (non-hydrogen) atoms. The van der Waals surface area contributed by atoms with E-state index in [4.69, 9.17) is 17.3 Å². The van der Waals surface area contributed by atoms with Gasteiger partial charge in [0.2, 0.25) is 0 Å². The Labute approximate surface area is 94.5 Å². The summed E-state index contributed by atoms with van der Waals surface area (Å²) in [6.45, 7) is 0. The first-order valence-electron chi connectivity index (χ1n) is 4.83. The summed E-state index contributed by atoms with van der Waals surface area (Å²) in [7, 11) is 0. The van der Waals surface area contributed by atoms with Crippen LogP contribution in [-0.2, 0) is 0 Å². The van der Waals surface area contributed by atoms with E-state index >= 15 is 0 Å². The molecule has 2 aromatic carbocycles. The zero-order valence-corrected chi connectivity index (χ0v) is 8.98. The molecule has 2 rings (SSSR count). The van der Waals surface area contributed by atoms with Gasteiger partial charge in [0.15, 0.2) is 0 Å². The van der Waals surface area contributed by atoms with Gasteiger partial charge < -0.3 is 5.73 Å². The van der Waals surface area contributed by atoms with Crippen molar-refractivity contribution in [2.45, 2.75) is 6.04 Å². The van der Waals surface area contributed by atoms with Gasteiger partial charge in [-0.15, -0.1) is 0 Å². The van der Waals surface area contributed by atoms with Crippen molar-refractivity contribution in [3.8, 4) is 0 Å². The van der Waals surface area contributed by atoms with Gasteiger partial charge in [-0.3, -0.25) is 0 Å². The van der Waals surface area contributed by atoms with Crippen molar-refractivity contribution in [1.82, 2.24) is 0 Å². The van der Waals surface area contributed by atoms with Crippen molar-refractivity contribution in [2.75, 3.05) is 0 Å². The summed E-state index contributed by atoms with van der Waals surface area (Å²) in [4.78, 5) is 0. The SMILES string of the molecule is NC(c1ccccc1)c1cccc(Cl)c1. The van der Waals surface area contributed by atoms with Gasteiger partial charge in [0.05, 0.1) is 6.04 Å². The van der Waals surface area contributed by atoms with Gasteiger partial charge in [-0.2, -0.15) is 0 Å². The summed E-state index contributed by atoms with van der Waals surface area (Å²) in [5.41, 5.74) is 8.26. The van der Waals surface area contributed by atoms with Crippen LogP contribution in [0.3, 0.4) is 0 Å². The van der Waals surface area contributed by atoms with Gasteiger partial charge in [0.1, 0.15) is 0 Å². The van der Waals surface area contributed by atoms with Crippen LogP contribution in [0.2, 0.25) is 5.02 Å². The fourth-order valence-electron chi connectivity index (χ4n) is 1.55. The zero-order chi connectivity index (χ0) is 10.7. The molecule has 2 N–H and O–H groups in total.